The number of nitrogens with one attached hydrogen (secondary N) is 1. The van der Waals surface area contributed by atoms with Crippen LogP contribution in [0.15, 0.2) is 88.1 Å². The number of carbonyl (C=O) groups is 1. The van der Waals surface area contributed by atoms with E-state index in [-0.39, 0.29) is 5.91 Å². The van der Waals surface area contributed by atoms with Crippen molar-refractivity contribution < 1.29 is 13.9 Å². The van der Waals surface area contributed by atoms with Crippen LogP contribution in [0.3, 0.4) is 0 Å². The number of anilines is 1. The highest BCUT2D eigenvalue weighted by Crippen LogP contribution is 2.30. The van der Waals surface area contributed by atoms with Crippen LogP contribution in [-0.4, -0.2) is 10.5 Å². The fraction of sp³-hybridized carbons (Fsp3) is 0.0909. The number of para-hydroxylation sites is 5. The molecule has 1 heterocycles. The summed E-state index contributed by atoms with van der Waals surface area (Å²) in [5, 5.41) is 2.85. The Balaban J connectivity index is 1.60. The highest BCUT2D eigenvalue weighted by atomic mass is 16.5. The van der Waals surface area contributed by atoms with Crippen molar-refractivity contribution in [3.63, 3.8) is 0 Å². The fourth-order valence-electron chi connectivity index (χ4n) is 2.98. The zero-order chi connectivity index (χ0) is 19.5. The van der Waals surface area contributed by atoms with Gasteiger partial charge in [-0.2, -0.15) is 0 Å². The molecule has 1 N–H and O–H groups in total. The van der Waals surface area contributed by atoms with Crippen molar-refractivity contribution in [3.05, 3.63) is 89.4 Å². The van der Waals surface area contributed by atoms with Crippen LogP contribution in [0.1, 0.15) is 13.0 Å². The lowest BCUT2D eigenvalue weighted by atomic mass is 10.2. The SMILES string of the molecule is CC(C(=O)Nc1ccccc1Oc1ccccc1)n1c(=O)oc2ccccc21. The molecule has 0 aliphatic heterocycles. The molecule has 1 unspecified atom stereocenters. The maximum Gasteiger partial charge on any atom is 0.420 e. The zero-order valence-electron chi connectivity index (χ0n) is 15.2. The molecule has 0 bridgehead atoms. The summed E-state index contributed by atoms with van der Waals surface area (Å²) in [6.45, 7) is 1.65. The van der Waals surface area contributed by atoms with Crippen molar-refractivity contribution >= 4 is 22.7 Å². The Bertz CT molecular complexity index is 1180. The number of aromatic nitrogens is 1. The molecule has 0 saturated carbocycles. The Morgan fingerprint density at radius 2 is 1.64 bits per heavy atom. The smallest absolute Gasteiger partial charge is 0.420 e. The van der Waals surface area contributed by atoms with E-state index in [2.05, 4.69) is 5.32 Å². The van der Waals surface area contributed by atoms with Crippen LogP contribution in [0.4, 0.5) is 5.69 Å². The van der Waals surface area contributed by atoms with E-state index in [1.54, 1.807) is 49.4 Å². The minimum atomic E-state index is -0.763. The second-order valence-electron chi connectivity index (χ2n) is 6.28. The summed E-state index contributed by atoms with van der Waals surface area (Å²) in [5.74, 6) is 0.253. The number of amides is 1. The van der Waals surface area contributed by atoms with Gasteiger partial charge in [-0.1, -0.05) is 42.5 Å². The molecule has 0 radical (unpaired) electrons. The Kier molecular flexibility index (Phi) is 4.68. The summed E-state index contributed by atoms with van der Waals surface area (Å²) in [4.78, 5) is 25.1. The maximum atomic E-state index is 12.8. The van der Waals surface area contributed by atoms with Gasteiger partial charge in [0.15, 0.2) is 11.3 Å². The Hall–Kier alpha value is -3.80. The van der Waals surface area contributed by atoms with Crippen molar-refractivity contribution in [2.75, 3.05) is 5.32 Å². The van der Waals surface area contributed by atoms with Crippen LogP contribution in [-0.2, 0) is 4.79 Å². The average Bonchev–Trinajstić information content (AvgIpc) is 3.05. The van der Waals surface area contributed by atoms with E-state index in [9.17, 15) is 9.59 Å². The molecule has 28 heavy (non-hydrogen) atoms. The van der Waals surface area contributed by atoms with E-state index in [1.807, 2.05) is 36.4 Å². The lowest BCUT2D eigenvalue weighted by Crippen LogP contribution is -2.29. The van der Waals surface area contributed by atoms with Gasteiger partial charge in [-0.05, 0) is 43.3 Å². The first kappa shape index (κ1) is 17.6. The maximum absolute atomic E-state index is 12.8. The first-order valence-electron chi connectivity index (χ1n) is 8.86. The first-order chi connectivity index (χ1) is 13.6. The molecule has 1 amide bonds. The molecular weight excluding hydrogens is 356 g/mol. The lowest BCUT2D eigenvalue weighted by molar-refractivity contribution is -0.118. The van der Waals surface area contributed by atoms with Crippen LogP contribution in [0.2, 0.25) is 0 Å². The highest BCUT2D eigenvalue weighted by Gasteiger charge is 2.22. The van der Waals surface area contributed by atoms with Gasteiger partial charge in [0, 0.05) is 0 Å². The monoisotopic (exact) mass is 374 g/mol. The van der Waals surface area contributed by atoms with Gasteiger partial charge in [-0.25, -0.2) is 4.79 Å². The van der Waals surface area contributed by atoms with E-state index in [0.29, 0.717) is 28.3 Å². The number of hydrogen-bond acceptors (Lipinski definition) is 4. The molecular formula is C22H18N2O4. The topological polar surface area (TPSA) is 73.5 Å². The van der Waals surface area contributed by atoms with Gasteiger partial charge in [0.2, 0.25) is 5.91 Å². The first-order valence-corrected chi connectivity index (χ1v) is 8.86. The average molecular weight is 374 g/mol. The minimum Gasteiger partial charge on any atom is -0.455 e. The molecule has 4 aromatic rings. The molecule has 1 aromatic heterocycles. The summed E-state index contributed by atoms with van der Waals surface area (Å²) in [6.07, 6.45) is 0. The van der Waals surface area contributed by atoms with Gasteiger partial charge in [-0.3, -0.25) is 9.36 Å². The predicted molar refractivity (Wildman–Crippen MR) is 107 cm³/mol. The molecule has 4 rings (SSSR count). The van der Waals surface area contributed by atoms with Crippen molar-refractivity contribution in [1.29, 1.82) is 0 Å². The molecule has 3 aromatic carbocycles. The summed E-state index contributed by atoms with van der Waals surface area (Å²) in [7, 11) is 0. The number of fused-ring (bicyclic) bond motifs is 1. The van der Waals surface area contributed by atoms with Crippen molar-refractivity contribution in [1.82, 2.24) is 4.57 Å². The van der Waals surface area contributed by atoms with Crippen LogP contribution >= 0.6 is 0 Å². The predicted octanol–water partition coefficient (Wildman–Crippen LogP) is 4.59. The van der Waals surface area contributed by atoms with Gasteiger partial charge < -0.3 is 14.5 Å². The molecule has 6 nitrogen and oxygen atoms in total. The Morgan fingerprint density at radius 1 is 0.964 bits per heavy atom. The number of nitrogens with zero attached hydrogens (tertiary/aromatic N) is 1. The van der Waals surface area contributed by atoms with Gasteiger partial charge in [0.05, 0.1) is 11.2 Å². The van der Waals surface area contributed by atoms with Crippen LogP contribution in [0.5, 0.6) is 11.5 Å². The van der Waals surface area contributed by atoms with E-state index in [0.717, 1.165) is 0 Å². The number of benzene rings is 3. The largest absolute Gasteiger partial charge is 0.455 e. The minimum absolute atomic E-state index is 0.349. The second-order valence-corrected chi connectivity index (χ2v) is 6.28. The molecule has 1 atom stereocenters. The molecule has 0 spiro atoms. The number of oxazole rings is 1. The van der Waals surface area contributed by atoms with E-state index in [1.165, 1.54) is 4.57 Å². The molecule has 0 aliphatic rings. The summed E-state index contributed by atoms with van der Waals surface area (Å²) in [5.41, 5.74) is 1.54. The fourth-order valence-corrected chi connectivity index (χ4v) is 2.98. The van der Waals surface area contributed by atoms with Gasteiger partial charge in [0.1, 0.15) is 11.8 Å². The van der Waals surface area contributed by atoms with E-state index >= 15 is 0 Å². The third-order valence-electron chi connectivity index (χ3n) is 4.40. The number of ether oxygens (including phenoxy) is 1. The highest BCUT2D eigenvalue weighted by molar-refractivity contribution is 5.95. The van der Waals surface area contributed by atoms with Crippen LogP contribution in [0.25, 0.3) is 11.1 Å². The number of rotatable bonds is 5. The van der Waals surface area contributed by atoms with Crippen molar-refractivity contribution in [2.24, 2.45) is 0 Å². The molecule has 0 saturated heterocycles. The normalized spacial score (nSPS) is 11.9. The molecule has 0 fully saturated rings. The van der Waals surface area contributed by atoms with Crippen molar-refractivity contribution in [3.8, 4) is 11.5 Å². The Morgan fingerprint density at radius 3 is 2.46 bits per heavy atom. The molecule has 0 aliphatic carbocycles. The molecule has 140 valence electrons. The second kappa shape index (κ2) is 7.44. The van der Waals surface area contributed by atoms with Gasteiger partial charge in [0.25, 0.3) is 0 Å². The summed E-state index contributed by atoms with van der Waals surface area (Å²) >= 11 is 0. The van der Waals surface area contributed by atoms with Crippen molar-refractivity contribution in [2.45, 2.75) is 13.0 Å². The molecule has 6 heteroatoms. The quantitative estimate of drug-likeness (QED) is 0.555. The summed E-state index contributed by atoms with van der Waals surface area (Å²) < 4.78 is 12.4. The number of hydrogen-bond donors (Lipinski definition) is 1. The third-order valence-corrected chi connectivity index (χ3v) is 4.40. The zero-order valence-corrected chi connectivity index (χ0v) is 15.2. The van der Waals surface area contributed by atoms with Crippen LogP contribution in [0, 0.1) is 0 Å². The Labute approximate surface area is 161 Å². The third kappa shape index (κ3) is 3.40. The van der Waals surface area contributed by atoms with Crippen LogP contribution < -0.4 is 15.8 Å². The number of carbonyl (C=O) groups excluding carboxylic acids is 1. The van der Waals surface area contributed by atoms with E-state index in [4.69, 9.17) is 9.15 Å². The lowest BCUT2D eigenvalue weighted by Gasteiger charge is -2.16. The summed E-state index contributed by atoms with van der Waals surface area (Å²) in [6, 6.07) is 22.7. The van der Waals surface area contributed by atoms with Gasteiger partial charge >= 0.3 is 5.76 Å². The standard InChI is InChI=1S/C22H18N2O4/c1-15(24-18-12-6-8-14-20(18)28-22(24)26)21(25)23-17-11-5-7-13-19(17)27-16-9-3-2-4-10-16/h2-15H,1H3,(H,23,25). The van der Waals surface area contributed by atoms with E-state index < -0.39 is 11.8 Å². The van der Waals surface area contributed by atoms with Gasteiger partial charge in [-0.15, -0.1) is 0 Å².